The molecule has 0 heterocycles. The standard InChI is InChI=1S/C21H28N2O2/c1-16(2)11-12-22-14-18-5-4-6-20(13-18)25-15-21(24)23-19-9-7-17(3)8-10-19/h4-10,13,16,22H,11-12,14-15H2,1-3H3,(H,23,24). The molecule has 0 atom stereocenters. The zero-order chi connectivity index (χ0) is 18.1. The molecule has 0 aliphatic heterocycles. The fourth-order valence-electron chi connectivity index (χ4n) is 2.35. The monoisotopic (exact) mass is 340 g/mol. The van der Waals surface area contributed by atoms with E-state index in [1.54, 1.807) is 0 Å². The Kier molecular flexibility index (Phi) is 7.48. The largest absolute Gasteiger partial charge is 0.484 e. The Morgan fingerprint density at radius 1 is 1.12 bits per heavy atom. The molecule has 4 heteroatoms. The van der Waals surface area contributed by atoms with Crippen LogP contribution in [0.3, 0.4) is 0 Å². The molecule has 2 aromatic rings. The summed E-state index contributed by atoms with van der Waals surface area (Å²) in [5.74, 6) is 1.25. The molecule has 25 heavy (non-hydrogen) atoms. The quantitative estimate of drug-likeness (QED) is 0.674. The minimum absolute atomic E-state index is 0.00188. The van der Waals surface area contributed by atoms with Crippen LogP contribution in [0.5, 0.6) is 5.75 Å². The third kappa shape index (κ3) is 7.40. The lowest BCUT2D eigenvalue weighted by molar-refractivity contribution is -0.118. The van der Waals surface area contributed by atoms with Gasteiger partial charge in [-0.25, -0.2) is 0 Å². The molecule has 2 N–H and O–H groups in total. The number of hydrogen-bond donors (Lipinski definition) is 2. The molecule has 134 valence electrons. The van der Waals surface area contributed by atoms with E-state index in [9.17, 15) is 4.79 Å². The number of benzene rings is 2. The summed E-state index contributed by atoms with van der Waals surface area (Å²) in [6, 6.07) is 15.6. The first-order chi connectivity index (χ1) is 12.0. The Balaban J connectivity index is 1.77. The average molecular weight is 340 g/mol. The molecule has 0 saturated heterocycles. The SMILES string of the molecule is Cc1ccc(NC(=O)COc2cccc(CNCCC(C)C)c2)cc1. The smallest absolute Gasteiger partial charge is 0.262 e. The predicted octanol–water partition coefficient (Wildman–Crippen LogP) is 4.15. The molecule has 4 nitrogen and oxygen atoms in total. The van der Waals surface area contributed by atoms with E-state index in [4.69, 9.17) is 4.74 Å². The molecule has 0 saturated carbocycles. The number of hydrogen-bond acceptors (Lipinski definition) is 3. The summed E-state index contributed by atoms with van der Waals surface area (Å²) in [5.41, 5.74) is 3.09. The van der Waals surface area contributed by atoms with Crippen LogP contribution in [0, 0.1) is 12.8 Å². The third-order valence-electron chi connectivity index (χ3n) is 3.83. The van der Waals surface area contributed by atoms with Crippen LogP contribution in [0.4, 0.5) is 5.69 Å². The maximum Gasteiger partial charge on any atom is 0.262 e. The Hall–Kier alpha value is -2.33. The molecule has 2 rings (SSSR count). The number of rotatable bonds is 9. The number of aryl methyl sites for hydroxylation is 1. The highest BCUT2D eigenvalue weighted by atomic mass is 16.5. The van der Waals surface area contributed by atoms with Crippen LogP contribution < -0.4 is 15.4 Å². The molecule has 0 aromatic heterocycles. The lowest BCUT2D eigenvalue weighted by Gasteiger charge is -2.10. The van der Waals surface area contributed by atoms with Gasteiger partial charge in [-0.2, -0.15) is 0 Å². The highest BCUT2D eigenvalue weighted by molar-refractivity contribution is 5.91. The predicted molar refractivity (Wildman–Crippen MR) is 103 cm³/mol. The van der Waals surface area contributed by atoms with Gasteiger partial charge in [-0.3, -0.25) is 4.79 Å². The van der Waals surface area contributed by atoms with Crippen molar-refractivity contribution in [1.82, 2.24) is 5.32 Å². The highest BCUT2D eigenvalue weighted by Gasteiger charge is 2.04. The minimum Gasteiger partial charge on any atom is -0.484 e. The lowest BCUT2D eigenvalue weighted by Crippen LogP contribution is -2.20. The summed E-state index contributed by atoms with van der Waals surface area (Å²) < 4.78 is 5.61. The average Bonchev–Trinajstić information content (AvgIpc) is 2.59. The van der Waals surface area contributed by atoms with Gasteiger partial charge in [-0.05, 0) is 55.6 Å². The van der Waals surface area contributed by atoms with E-state index < -0.39 is 0 Å². The van der Waals surface area contributed by atoms with E-state index in [1.807, 2.05) is 49.4 Å². The molecule has 2 aromatic carbocycles. The normalized spacial score (nSPS) is 10.7. The molecule has 0 unspecified atom stereocenters. The zero-order valence-corrected chi connectivity index (χ0v) is 15.3. The first-order valence-corrected chi connectivity index (χ1v) is 8.82. The Labute approximate surface area is 150 Å². The van der Waals surface area contributed by atoms with Crippen molar-refractivity contribution in [3.63, 3.8) is 0 Å². The first-order valence-electron chi connectivity index (χ1n) is 8.82. The van der Waals surface area contributed by atoms with Gasteiger partial charge >= 0.3 is 0 Å². The van der Waals surface area contributed by atoms with E-state index in [2.05, 4.69) is 30.5 Å². The van der Waals surface area contributed by atoms with Crippen molar-refractivity contribution < 1.29 is 9.53 Å². The summed E-state index contributed by atoms with van der Waals surface area (Å²) in [5, 5.41) is 6.26. The summed E-state index contributed by atoms with van der Waals surface area (Å²) in [7, 11) is 0. The van der Waals surface area contributed by atoms with Crippen LogP contribution in [0.15, 0.2) is 48.5 Å². The van der Waals surface area contributed by atoms with Gasteiger partial charge in [0.1, 0.15) is 5.75 Å². The zero-order valence-electron chi connectivity index (χ0n) is 15.3. The van der Waals surface area contributed by atoms with Gasteiger partial charge < -0.3 is 15.4 Å². The third-order valence-corrected chi connectivity index (χ3v) is 3.83. The van der Waals surface area contributed by atoms with Crippen LogP contribution in [0.1, 0.15) is 31.4 Å². The van der Waals surface area contributed by atoms with Crippen molar-refractivity contribution >= 4 is 11.6 Å². The van der Waals surface area contributed by atoms with E-state index in [0.717, 1.165) is 36.3 Å². The van der Waals surface area contributed by atoms with Crippen LogP contribution >= 0.6 is 0 Å². The van der Waals surface area contributed by atoms with Gasteiger partial charge in [0.25, 0.3) is 5.91 Å². The Bertz CT molecular complexity index is 666. The first kappa shape index (κ1) is 19.0. The van der Waals surface area contributed by atoms with Crippen molar-refractivity contribution in [2.75, 3.05) is 18.5 Å². The number of anilines is 1. The van der Waals surface area contributed by atoms with E-state index >= 15 is 0 Å². The van der Waals surface area contributed by atoms with Crippen molar-refractivity contribution in [3.8, 4) is 5.75 Å². The van der Waals surface area contributed by atoms with Crippen LogP contribution in [0.2, 0.25) is 0 Å². The second kappa shape index (κ2) is 9.84. The second-order valence-electron chi connectivity index (χ2n) is 6.71. The fourth-order valence-corrected chi connectivity index (χ4v) is 2.35. The van der Waals surface area contributed by atoms with Crippen molar-refractivity contribution in [1.29, 1.82) is 0 Å². The number of nitrogens with one attached hydrogen (secondary N) is 2. The molecule has 0 spiro atoms. The molecule has 0 radical (unpaired) electrons. The minimum atomic E-state index is -0.163. The van der Waals surface area contributed by atoms with Gasteiger partial charge in [0.15, 0.2) is 6.61 Å². The second-order valence-corrected chi connectivity index (χ2v) is 6.71. The number of carbonyl (C=O) groups excluding carboxylic acids is 1. The maximum absolute atomic E-state index is 12.0. The Morgan fingerprint density at radius 3 is 2.60 bits per heavy atom. The van der Waals surface area contributed by atoms with Crippen molar-refractivity contribution in [2.24, 2.45) is 5.92 Å². The Morgan fingerprint density at radius 2 is 1.88 bits per heavy atom. The van der Waals surface area contributed by atoms with Gasteiger partial charge in [0.2, 0.25) is 0 Å². The molecule has 0 fully saturated rings. The number of ether oxygens (including phenoxy) is 1. The van der Waals surface area contributed by atoms with E-state index in [1.165, 1.54) is 0 Å². The van der Waals surface area contributed by atoms with Crippen molar-refractivity contribution in [2.45, 2.75) is 33.7 Å². The van der Waals surface area contributed by atoms with Gasteiger partial charge in [0, 0.05) is 12.2 Å². The molecule has 0 aliphatic carbocycles. The topological polar surface area (TPSA) is 50.4 Å². The molecule has 0 bridgehead atoms. The molecular formula is C21H28N2O2. The van der Waals surface area contributed by atoms with E-state index in [0.29, 0.717) is 11.7 Å². The summed E-state index contributed by atoms with van der Waals surface area (Å²) >= 11 is 0. The van der Waals surface area contributed by atoms with Crippen LogP contribution in [-0.4, -0.2) is 19.1 Å². The van der Waals surface area contributed by atoms with Crippen LogP contribution in [-0.2, 0) is 11.3 Å². The van der Waals surface area contributed by atoms with E-state index in [-0.39, 0.29) is 12.5 Å². The van der Waals surface area contributed by atoms with Gasteiger partial charge in [0.05, 0.1) is 0 Å². The summed E-state index contributed by atoms with van der Waals surface area (Å²) in [4.78, 5) is 12.0. The van der Waals surface area contributed by atoms with Crippen LogP contribution in [0.25, 0.3) is 0 Å². The fraction of sp³-hybridized carbons (Fsp3) is 0.381. The maximum atomic E-state index is 12.0. The summed E-state index contributed by atoms with van der Waals surface area (Å²) in [6.07, 6.45) is 1.16. The molecule has 0 aliphatic rings. The molecule has 1 amide bonds. The van der Waals surface area contributed by atoms with Gasteiger partial charge in [-0.1, -0.05) is 43.7 Å². The highest BCUT2D eigenvalue weighted by Crippen LogP contribution is 2.14. The van der Waals surface area contributed by atoms with Crippen molar-refractivity contribution in [3.05, 3.63) is 59.7 Å². The summed E-state index contributed by atoms with van der Waals surface area (Å²) in [6.45, 7) is 8.26. The molecular weight excluding hydrogens is 312 g/mol. The van der Waals surface area contributed by atoms with Gasteiger partial charge in [-0.15, -0.1) is 0 Å². The lowest BCUT2D eigenvalue weighted by atomic mass is 10.1. The number of carbonyl (C=O) groups is 1. The number of amides is 1.